The lowest BCUT2D eigenvalue weighted by Crippen LogP contribution is -2.40. The Kier molecular flexibility index (Phi) is 4.20. The van der Waals surface area contributed by atoms with Crippen LogP contribution in [0, 0.1) is 5.92 Å². The smallest absolute Gasteiger partial charge is 0.253 e. The van der Waals surface area contributed by atoms with Crippen molar-refractivity contribution in [2.24, 2.45) is 5.92 Å². The van der Waals surface area contributed by atoms with Crippen molar-refractivity contribution >= 4 is 5.91 Å². The SMILES string of the molecule is COc1ccc(C(=O)N2CCCC(CO)C2)cc1. The maximum atomic E-state index is 12.3. The molecule has 1 unspecified atom stereocenters. The van der Waals surface area contributed by atoms with Gasteiger partial charge in [-0.1, -0.05) is 0 Å². The monoisotopic (exact) mass is 249 g/mol. The minimum Gasteiger partial charge on any atom is -0.497 e. The van der Waals surface area contributed by atoms with E-state index in [-0.39, 0.29) is 18.4 Å². The number of piperidine rings is 1. The molecule has 0 aromatic heterocycles. The summed E-state index contributed by atoms with van der Waals surface area (Å²) < 4.78 is 5.07. The van der Waals surface area contributed by atoms with Gasteiger partial charge in [0.15, 0.2) is 0 Å². The van der Waals surface area contributed by atoms with Crippen molar-refractivity contribution in [2.75, 3.05) is 26.8 Å². The molecule has 1 atom stereocenters. The highest BCUT2D eigenvalue weighted by Crippen LogP contribution is 2.19. The molecule has 0 saturated carbocycles. The number of carbonyl (C=O) groups is 1. The minimum absolute atomic E-state index is 0.0378. The van der Waals surface area contributed by atoms with Crippen LogP contribution in [-0.4, -0.2) is 42.7 Å². The number of amides is 1. The summed E-state index contributed by atoms with van der Waals surface area (Å²) in [6.07, 6.45) is 1.97. The van der Waals surface area contributed by atoms with Crippen molar-refractivity contribution in [3.8, 4) is 5.75 Å². The van der Waals surface area contributed by atoms with Crippen molar-refractivity contribution in [3.05, 3.63) is 29.8 Å². The molecule has 1 N–H and O–H groups in total. The van der Waals surface area contributed by atoms with E-state index < -0.39 is 0 Å². The maximum absolute atomic E-state index is 12.3. The fourth-order valence-electron chi connectivity index (χ4n) is 2.31. The van der Waals surface area contributed by atoms with Crippen LogP contribution >= 0.6 is 0 Å². The van der Waals surface area contributed by atoms with E-state index in [0.29, 0.717) is 12.1 Å². The number of rotatable bonds is 3. The zero-order valence-electron chi connectivity index (χ0n) is 10.6. The van der Waals surface area contributed by atoms with Gasteiger partial charge in [0.2, 0.25) is 0 Å². The van der Waals surface area contributed by atoms with Gasteiger partial charge in [0, 0.05) is 25.3 Å². The van der Waals surface area contributed by atoms with Gasteiger partial charge in [-0.25, -0.2) is 0 Å². The molecule has 98 valence electrons. The fraction of sp³-hybridized carbons (Fsp3) is 0.500. The van der Waals surface area contributed by atoms with Gasteiger partial charge in [-0.15, -0.1) is 0 Å². The third kappa shape index (κ3) is 2.82. The maximum Gasteiger partial charge on any atom is 0.253 e. The molecule has 4 nitrogen and oxygen atoms in total. The average molecular weight is 249 g/mol. The van der Waals surface area contributed by atoms with Crippen LogP contribution in [0.2, 0.25) is 0 Å². The summed E-state index contributed by atoms with van der Waals surface area (Å²) in [6, 6.07) is 7.15. The van der Waals surface area contributed by atoms with Crippen molar-refractivity contribution in [2.45, 2.75) is 12.8 Å². The zero-order chi connectivity index (χ0) is 13.0. The van der Waals surface area contributed by atoms with Crippen LogP contribution in [-0.2, 0) is 0 Å². The molecule has 0 radical (unpaired) electrons. The van der Waals surface area contributed by atoms with Crippen LogP contribution in [0.1, 0.15) is 23.2 Å². The van der Waals surface area contributed by atoms with Gasteiger partial charge in [0.1, 0.15) is 5.75 Å². The number of aliphatic hydroxyl groups is 1. The molecule has 1 amide bonds. The number of hydrogen-bond donors (Lipinski definition) is 1. The van der Waals surface area contributed by atoms with Crippen molar-refractivity contribution in [1.29, 1.82) is 0 Å². The molecule has 0 aliphatic carbocycles. The molecule has 1 heterocycles. The van der Waals surface area contributed by atoms with E-state index in [4.69, 9.17) is 4.74 Å². The summed E-state index contributed by atoms with van der Waals surface area (Å²) in [5.41, 5.74) is 0.675. The normalized spacial score (nSPS) is 19.7. The molecule has 0 spiro atoms. The number of carbonyl (C=O) groups excluding carboxylic acids is 1. The second-order valence-electron chi connectivity index (χ2n) is 4.67. The van der Waals surface area contributed by atoms with Gasteiger partial charge in [0.25, 0.3) is 5.91 Å². The Labute approximate surface area is 107 Å². The van der Waals surface area contributed by atoms with Crippen molar-refractivity contribution in [1.82, 2.24) is 4.90 Å². The lowest BCUT2D eigenvalue weighted by molar-refractivity contribution is 0.0620. The summed E-state index contributed by atoms with van der Waals surface area (Å²) in [6.45, 7) is 1.59. The van der Waals surface area contributed by atoms with E-state index in [0.717, 1.165) is 25.1 Å². The highest BCUT2D eigenvalue weighted by molar-refractivity contribution is 5.94. The molecule has 1 aliphatic rings. The van der Waals surface area contributed by atoms with Gasteiger partial charge in [-0.3, -0.25) is 4.79 Å². The van der Waals surface area contributed by atoms with Crippen LogP contribution in [0.15, 0.2) is 24.3 Å². The van der Waals surface area contributed by atoms with Crippen LogP contribution in [0.25, 0.3) is 0 Å². The molecular formula is C14H19NO3. The summed E-state index contributed by atoms with van der Waals surface area (Å²) in [5, 5.41) is 9.17. The molecule has 2 rings (SSSR count). The molecular weight excluding hydrogens is 230 g/mol. The highest BCUT2D eigenvalue weighted by atomic mass is 16.5. The van der Waals surface area contributed by atoms with Gasteiger partial charge >= 0.3 is 0 Å². The molecule has 1 aromatic carbocycles. The first-order chi connectivity index (χ1) is 8.74. The highest BCUT2D eigenvalue weighted by Gasteiger charge is 2.23. The Balaban J connectivity index is 2.05. The van der Waals surface area contributed by atoms with Gasteiger partial charge < -0.3 is 14.7 Å². The topological polar surface area (TPSA) is 49.8 Å². The van der Waals surface area contributed by atoms with Gasteiger partial charge in [-0.05, 0) is 43.0 Å². The molecule has 18 heavy (non-hydrogen) atoms. The quantitative estimate of drug-likeness (QED) is 0.884. The average Bonchev–Trinajstić information content (AvgIpc) is 2.46. The number of benzene rings is 1. The largest absolute Gasteiger partial charge is 0.497 e. The lowest BCUT2D eigenvalue weighted by Gasteiger charge is -2.31. The van der Waals surface area contributed by atoms with E-state index >= 15 is 0 Å². The Morgan fingerprint density at radius 1 is 1.44 bits per heavy atom. The second-order valence-corrected chi connectivity index (χ2v) is 4.67. The van der Waals surface area contributed by atoms with E-state index in [2.05, 4.69) is 0 Å². The summed E-state index contributed by atoms with van der Waals surface area (Å²) in [5.74, 6) is 1.01. The van der Waals surface area contributed by atoms with E-state index in [9.17, 15) is 9.90 Å². The number of hydrogen-bond acceptors (Lipinski definition) is 3. The molecule has 4 heteroatoms. The Morgan fingerprint density at radius 2 is 2.17 bits per heavy atom. The zero-order valence-corrected chi connectivity index (χ0v) is 10.6. The first kappa shape index (κ1) is 12.9. The van der Waals surface area contributed by atoms with Crippen LogP contribution in [0.4, 0.5) is 0 Å². The summed E-state index contributed by atoms with van der Waals surface area (Å²) in [4.78, 5) is 14.1. The van der Waals surface area contributed by atoms with Gasteiger partial charge in [-0.2, -0.15) is 0 Å². The number of methoxy groups -OCH3 is 1. The predicted molar refractivity (Wildman–Crippen MR) is 68.7 cm³/mol. The Morgan fingerprint density at radius 3 is 2.78 bits per heavy atom. The van der Waals surface area contributed by atoms with E-state index in [1.54, 1.807) is 31.4 Å². The number of aliphatic hydroxyl groups excluding tert-OH is 1. The van der Waals surface area contributed by atoms with E-state index in [1.165, 1.54) is 0 Å². The second kappa shape index (κ2) is 5.87. The van der Waals surface area contributed by atoms with Crippen LogP contribution in [0.5, 0.6) is 5.75 Å². The minimum atomic E-state index is 0.0378. The van der Waals surface area contributed by atoms with Crippen LogP contribution < -0.4 is 4.74 Å². The third-order valence-corrected chi connectivity index (χ3v) is 3.40. The molecule has 1 fully saturated rings. The standard InChI is InChI=1S/C14H19NO3/c1-18-13-6-4-12(5-7-13)14(17)15-8-2-3-11(9-15)10-16/h4-7,11,16H,2-3,8-10H2,1H3. The predicted octanol–water partition coefficient (Wildman–Crippen LogP) is 1.54. The van der Waals surface area contributed by atoms with Crippen molar-refractivity contribution in [3.63, 3.8) is 0 Å². The molecule has 1 saturated heterocycles. The van der Waals surface area contributed by atoms with E-state index in [1.807, 2.05) is 4.90 Å². The number of nitrogens with zero attached hydrogens (tertiary/aromatic N) is 1. The Hall–Kier alpha value is -1.55. The lowest BCUT2D eigenvalue weighted by atomic mass is 9.98. The Bertz CT molecular complexity index is 402. The third-order valence-electron chi connectivity index (χ3n) is 3.40. The number of likely N-dealkylation sites (tertiary alicyclic amines) is 1. The summed E-state index contributed by atoms with van der Waals surface area (Å²) in [7, 11) is 1.60. The molecule has 1 aliphatic heterocycles. The fourth-order valence-corrected chi connectivity index (χ4v) is 2.31. The first-order valence-electron chi connectivity index (χ1n) is 6.28. The molecule has 0 bridgehead atoms. The first-order valence-corrected chi connectivity index (χ1v) is 6.28. The number of ether oxygens (including phenoxy) is 1. The van der Waals surface area contributed by atoms with Gasteiger partial charge in [0.05, 0.1) is 7.11 Å². The molecule has 1 aromatic rings. The summed E-state index contributed by atoms with van der Waals surface area (Å²) >= 11 is 0. The van der Waals surface area contributed by atoms with Crippen molar-refractivity contribution < 1.29 is 14.6 Å². The van der Waals surface area contributed by atoms with Crippen LogP contribution in [0.3, 0.4) is 0 Å².